The number of alkyl halides is 3. The Balaban J connectivity index is 1.78. The van der Waals surface area contributed by atoms with Crippen LogP contribution in [0, 0.1) is 0 Å². The minimum Gasteiger partial charge on any atom is -0.493 e. The van der Waals surface area contributed by atoms with Gasteiger partial charge in [0.2, 0.25) is 0 Å². The number of aromatic nitrogens is 2. The van der Waals surface area contributed by atoms with Crippen LogP contribution in [0.4, 0.5) is 13.2 Å². The highest BCUT2D eigenvalue weighted by Crippen LogP contribution is 2.41. The molecule has 0 spiro atoms. The van der Waals surface area contributed by atoms with Crippen molar-refractivity contribution in [3.05, 3.63) is 59.1 Å². The SMILES string of the molecule is CCCCn1c(-c2ccc(Oc3ccc(Cl)c(C(F)(F)F)c3)cc2OCCCN(CC)CC)nc2c(OCCCN(CC)CC)cc(OCCCN(CC)CC)cc21. The highest BCUT2D eigenvalue weighted by atomic mass is 35.5. The molecule has 0 amide bonds. The molecule has 1 heterocycles. The summed E-state index contributed by atoms with van der Waals surface area (Å²) in [6.07, 6.45) is -0.194. The Morgan fingerprint density at radius 1 is 0.621 bits per heavy atom. The lowest BCUT2D eigenvalue weighted by Gasteiger charge is -2.19. The number of ether oxygens (including phenoxy) is 4. The second kappa shape index (κ2) is 23.8. The molecule has 0 aliphatic rings. The van der Waals surface area contributed by atoms with E-state index in [4.69, 9.17) is 35.5 Å². The number of imidazole rings is 1. The summed E-state index contributed by atoms with van der Waals surface area (Å²) >= 11 is 5.90. The molecule has 0 bridgehead atoms. The van der Waals surface area contributed by atoms with Crippen LogP contribution in [-0.2, 0) is 12.7 Å². The number of benzene rings is 3. The van der Waals surface area contributed by atoms with Gasteiger partial charge in [-0.3, -0.25) is 0 Å². The van der Waals surface area contributed by atoms with Crippen LogP contribution >= 0.6 is 11.6 Å². The molecule has 0 saturated heterocycles. The molecular weight excluding hydrogens is 767 g/mol. The maximum atomic E-state index is 13.7. The molecule has 1 aromatic heterocycles. The minimum atomic E-state index is -4.62. The quantitative estimate of drug-likeness (QED) is 0.0551. The van der Waals surface area contributed by atoms with Crippen LogP contribution in [0.5, 0.6) is 28.7 Å². The van der Waals surface area contributed by atoms with Crippen LogP contribution in [0.3, 0.4) is 0 Å². The van der Waals surface area contributed by atoms with E-state index in [1.165, 1.54) is 12.1 Å². The van der Waals surface area contributed by atoms with Crippen LogP contribution in [-0.4, -0.2) is 103 Å². The first-order valence-corrected chi connectivity index (χ1v) is 21.7. The van der Waals surface area contributed by atoms with Crippen molar-refractivity contribution in [1.29, 1.82) is 0 Å². The van der Waals surface area contributed by atoms with E-state index in [1.54, 1.807) is 12.1 Å². The zero-order valence-corrected chi connectivity index (χ0v) is 36.5. The fourth-order valence-electron chi connectivity index (χ4n) is 6.94. The second-order valence-electron chi connectivity index (χ2n) is 14.3. The van der Waals surface area contributed by atoms with Gasteiger partial charge in [-0.1, -0.05) is 66.5 Å². The van der Waals surface area contributed by atoms with Crippen LogP contribution in [0.15, 0.2) is 48.5 Å². The molecule has 0 saturated carbocycles. The Hall–Kier alpha value is -3.71. The summed E-state index contributed by atoms with van der Waals surface area (Å²) < 4.78 is 68.8. The molecule has 4 rings (SSSR count). The third-order valence-corrected chi connectivity index (χ3v) is 10.9. The van der Waals surface area contributed by atoms with E-state index < -0.39 is 11.7 Å². The molecule has 0 unspecified atom stereocenters. The molecular formula is C45H65ClF3N5O4. The fraction of sp³-hybridized carbons (Fsp3) is 0.578. The van der Waals surface area contributed by atoms with Gasteiger partial charge in [-0.15, -0.1) is 0 Å². The van der Waals surface area contributed by atoms with Gasteiger partial charge in [-0.25, -0.2) is 4.98 Å². The van der Waals surface area contributed by atoms with Crippen molar-refractivity contribution in [3.8, 4) is 40.1 Å². The van der Waals surface area contributed by atoms with Crippen molar-refractivity contribution in [2.45, 2.75) is 93.3 Å². The maximum Gasteiger partial charge on any atom is 0.417 e. The zero-order valence-electron chi connectivity index (χ0n) is 35.7. The van der Waals surface area contributed by atoms with Crippen LogP contribution in [0.2, 0.25) is 5.02 Å². The molecule has 3 aromatic carbocycles. The van der Waals surface area contributed by atoms with Gasteiger partial charge < -0.3 is 38.2 Å². The van der Waals surface area contributed by atoms with Crippen LogP contribution in [0.25, 0.3) is 22.4 Å². The largest absolute Gasteiger partial charge is 0.493 e. The lowest BCUT2D eigenvalue weighted by Crippen LogP contribution is -2.25. The van der Waals surface area contributed by atoms with Crippen molar-refractivity contribution < 1.29 is 32.1 Å². The maximum absolute atomic E-state index is 13.7. The average molecular weight is 832 g/mol. The summed E-state index contributed by atoms with van der Waals surface area (Å²) in [4.78, 5) is 12.4. The summed E-state index contributed by atoms with van der Waals surface area (Å²) in [6, 6.07) is 12.9. The smallest absolute Gasteiger partial charge is 0.417 e. The first-order chi connectivity index (χ1) is 28.0. The third-order valence-electron chi connectivity index (χ3n) is 10.5. The Morgan fingerprint density at radius 2 is 1.14 bits per heavy atom. The molecule has 0 aliphatic heterocycles. The third kappa shape index (κ3) is 13.4. The van der Waals surface area contributed by atoms with Crippen molar-refractivity contribution in [1.82, 2.24) is 24.3 Å². The highest BCUT2D eigenvalue weighted by molar-refractivity contribution is 6.31. The molecule has 58 heavy (non-hydrogen) atoms. The lowest BCUT2D eigenvalue weighted by molar-refractivity contribution is -0.137. The number of hydrogen-bond donors (Lipinski definition) is 0. The molecule has 0 radical (unpaired) electrons. The Labute approximate surface area is 349 Å². The number of halogens is 4. The Bertz CT molecular complexity index is 1830. The Morgan fingerprint density at radius 3 is 1.69 bits per heavy atom. The minimum absolute atomic E-state index is 0.0135. The topological polar surface area (TPSA) is 64.5 Å². The first-order valence-electron chi connectivity index (χ1n) is 21.3. The summed E-state index contributed by atoms with van der Waals surface area (Å²) in [5, 5.41) is -0.390. The lowest BCUT2D eigenvalue weighted by atomic mass is 10.1. The van der Waals surface area contributed by atoms with E-state index in [0.717, 1.165) is 119 Å². The highest BCUT2D eigenvalue weighted by Gasteiger charge is 2.33. The summed E-state index contributed by atoms with van der Waals surface area (Å²) in [7, 11) is 0. The van der Waals surface area contributed by atoms with Gasteiger partial charge in [0, 0.05) is 44.4 Å². The Kier molecular flexibility index (Phi) is 19.3. The normalized spacial score (nSPS) is 12.0. The summed E-state index contributed by atoms with van der Waals surface area (Å²) in [5.74, 6) is 2.95. The van der Waals surface area contributed by atoms with Gasteiger partial charge in [0.1, 0.15) is 34.3 Å². The van der Waals surface area contributed by atoms with Crippen LogP contribution in [0.1, 0.15) is 86.1 Å². The number of aryl methyl sites for hydroxylation is 1. The van der Waals surface area contributed by atoms with Gasteiger partial charge in [0.15, 0.2) is 5.75 Å². The van der Waals surface area contributed by atoms with Crippen molar-refractivity contribution in [2.75, 3.05) is 78.7 Å². The zero-order chi connectivity index (χ0) is 42.1. The number of unbranched alkanes of at least 4 members (excludes halogenated alkanes) is 1. The standard InChI is InChI=1S/C45H65ClF3N5O4/c1-8-15-26-54-40-31-36(55-27-16-23-51(9-2)10-3)33-42(57-29-18-25-53(13-6)14-7)43(40)50-44(54)37-21-19-35(32-41(37)56-28-17-24-52(11-4)12-5)58-34-20-22-39(46)38(30-34)45(47,48)49/h19-22,30-33H,8-18,23-29H2,1-7H3. The van der Waals surface area contributed by atoms with E-state index in [1.807, 2.05) is 12.1 Å². The van der Waals surface area contributed by atoms with Gasteiger partial charge in [0.25, 0.3) is 0 Å². The fourth-order valence-corrected chi connectivity index (χ4v) is 7.16. The van der Waals surface area contributed by atoms with Crippen molar-refractivity contribution in [2.24, 2.45) is 0 Å². The summed E-state index contributed by atoms with van der Waals surface area (Å²) in [6.45, 7) is 26.0. The molecule has 13 heteroatoms. The van der Waals surface area contributed by atoms with Gasteiger partial charge in [-0.2, -0.15) is 13.2 Å². The van der Waals surface area contributed by atoms with Gasteiger partial charge in [-0.05, 0) is 95.3 Å². The molecule has 322 valence electrons. The predicted molar refractivity (Wildman–Crippen MR) is 230 cm³/mol. The van der Waals surface area contributed by atoms with E-state index in [9.17, 15) is 13.2 Å². The number of fused-ring (bicyclic) bond motifs is 1. The molecule has 0 N–H and O–H groups in total. The second-order valence-corrected chi connectivity index (χ2v) is 14.7. The van der Waals surface area contributed by atoms with Gasteiger partial charge in [0.05, 0.1) is 41.5 Å². The summed E-state index contributed by atoms with van der Waals surface area (Å²) in [5.41, 5.74) is 1.41. The van der Waals surface area contributed by atoms with Crippen molar-refractivity contribution >= 4 is 22.6 Å². The van der Waals surface area contributed by atoms with E-state index in [2.05, 4.69) is 73.8 Å². The molecule has 9 nitrogen and oxygen atoms in total. The molecule has 0 fully saturated rings. The number of hydrogen-bond acceptors (Lipinski definition) is 8. The first kappa shape index (κ1) is 47.0. The van der Waals surface area contributed by atoms with Crippen molar-refractivity contribution in [3.63, 3.8) is 0 Å². The number of nitrogens with zero attached hydrogens (tertiary/aromatic N) is 5. The number of rotatable bonds is 27. The average Bonchev–Trinajstić information content (AvgIpc) is 3.58. The van der Waals surface area contributed by atoms with E-state index in [0.29, 0.717) is 49.4 Å². The van der Waals surface area contributed by atoms with E-state index in [-0.39, 0.29) is 10.8 Å². The molecule has 0 atom stereocenters. The molecule has 4 aromatic rings. The van der Waals surface area contributed by atoms with Gasteiger partial charge >= 0.3 is 6.18 Å². The van der Waals surface area contributed by atoms with E-state index >= 15 is 0 Å². The molecule has 0 aliphatic carbocycles. The van der Waals surface area contributed by atoms with Crippen LogP contribution < -0.4 is 18.9 Å². The predicted octanol–water partition coefficient (Wildman–Crippen LogP) is 11.3. The monoisotopic (exact) mass is 831 g/mol.